The first-order chi connectivity index (χ1) is 8.06. The number of phenolic OH excluding ortho intramolecular Hbond substituents is 2. The molecule has 0 radical (unpaired) electrons. The molecule has 0 aliphatic carbocycles. The molecule has 0 atom stereocenters. The van der Waals surface area contributed by atoms with Crippen molar-refractivity contribution in [2.45, 2.75) is 0 Å². The maximum absolute atomic E-state index is 9.80. The summed E-state index contributed by atoms with van der Waals surface area (Å²) in [4.78, 5) is 0. The summed E-state index contributed by atoms with van der Waals surface area (Å²) in [5, 5.41) is 19.6. The van der Waals surface area contributed by atoms with Gasteiger partial charge in [0.15, 0.2) is 0 Å². The van der Waals surface area contributed by atoms with Gasteiger partial charge in [0.2, 0.25) is 0 Å². The van der Waals surface area contributed by atoms with Crippen LogP contribution in [0.4, 0.5) is 0 Å². The minimum absolute atomic E-state index is 0.328. The van der Waals surface area contributed by atoms with Crippen molar-refractivity contribution in [2.75, 3.05) is 0 Å². The molecular formula is C12H8Br2HgO2. The van der Waals surface area contributed by atoms with Gasteiger partial charge < -0.3 is 0 Å². The molecule has 0 saturated carbocycles. The Morgan fingerprint density at radius 3 is 1.59 bits per heavy atom. The summed E-state index contributed by atoms with van der Waals surface area (Å²) in [6.07, 6.45) is 0. The van der Waals surface area contributed by atoms with Crippen LogP contribution in [-0.4, -0.2) is 10.2 Å². The average Bonchev–Trinajstić information content (AvgIpc) is 2.28. The Kier molecular flexibility index (Phi) is 4.50. The first-order valence-electron chi connectivity index (χ1n) is 5.01. The summed E-state index contributed by atoms with van der Waals surface area (Å²) in [6, 6.07) is 10.9. The Morgan fingerprint density at radius 1 is 0.765 bits per heavy atom. The van der Waals surface area contributed by atoms with E-state index in [1.54, 1.807) is 12.1 Å². The van der Waals surface area contributed by atoms with Gasteiger partial charge in [0, 0.05) is 0 Å². The summed E-state index contributed by atoms with van der Waals surface area (Å²) >= 11 is 5.07. The summed E-state index contributed by atoms with van der Waals surface area (Å²) in [5.74, 6) is 0.656. The molecule has 17 heavy (non-hydrogen) atoms. The quantitative estimate of drug-likeness (QED) is 0.571. The van der Waals surface area contributed by atoms with Crippen LogP contribution >= 0.6 is 31.9 Å². The second-order valence-corrected chi connectivity index (χ2v) is 12.9. The van der Waals surface area contributed by atoms with Crippen molar-refractivity contribution in [1.82, 2.24) is 0 Å². The predicted octanol–water partition coefficient (Wildman–Crippen LogP) is 2.66. The third-order valence-corrected chi connectivity index (χ3v) is 10.8. The van der Waals surface area contributed by atoms with Crippen molar-refractivity contribution in [2.24, 2.45) is 0 Å². The summed E-state index contributed by atoms with van der Waals surface area (Å²) in [7, 11) is 0. The van der Waals surface area contributed by atoms with E-state index in [4.69, 9.17) is 0 Å². The summed E-state index contributed by atoms with van der Waals surface area (Å²) in [6.45, 7) is 0. The molecule has 0 fully saturated rings. The number of benzene rings is 2. The van der Waals surface area contributed by atoms with E-state index in [9.17, 15) is 10.2 Å². The van der Waals surface area contributed by atoms with Gasteiger partial charge in [0.1, 0.15) is 0 Å². The minimum atomic E-state index is -1.72. The fraction of sp³-hybridized carbons (Fsp3) is 0. The fourth-order valence-electron chi connectivity index (χ4n) is 1.60. The molecule has 2 aromatic rings. The van der Waals surface area contributed by atoms with Crippen LogP contribution in [0.2, 0.25) is 0 Å². The molecule has 5 heteroatoms. The number of phenols is 2. The molecular weight excluding hydrogens is 537 g/mol. The molecule has 0 unspecified atom stereocenters. The Labute approximate surface area is 128 Å². The van der Waals surface area contributed by atoms with E-state index in [-0.39, 0.29) is 0 Å². The first-order valence-corrected chi connectivity index (χ1v) is 12.1. The predicted molar refractivity (Wildman–Crippen MR) is 70.9 cm³/mol. The van der Waals surface area contributed by atoms with Crippen LogP contribution in [0.15, 0.2) is 45.3 Å². The zero-order chi connectivity index (χ0) is 12.4. The third kappa shape index (κ3) is 3.45. The molecule has 84 valence electrons. The van der Waals surface area contributed by atoms with E-state index in [0.29, 0.717) is 11.5 Å². The van der Waals surface area contributed by atoms with Gasteiger partial charge in [0.25, 0.3) is 0 Å². The number of halogens is 2. The number of hydrogen-bond acceptors (Lipinski definition) is 2. The molecule has 0 saturated heterocycles. The van der Waals surface area contributed by atoms with Gasteiger partial charge >= 0.3 is 130 Å². The topological polar surface area (TPSA) is 40.5 Å². The van der Waals surface area contributed by atoms with Gasteiger partial charge in [-0.1, -0.05) is 0 Å². The molecule has 0 heterocycles. The molecule has 0 aliphatic rings. The Hall–Kier alpha value is -0.0649. The van der Waals surface area contributed by atoms with Gasteiger partial charge in [-0.25, -0.2) is 0 Å². The molecule has 2 nitrogen and oxygen atoms in total. The molecule has 0 aromatic heterocycles. The van der Waals surface area contributed by atoms with E-state index in [1.807, 2.05) is 24.3 Å². The maximum atomic E-state index is 9.80. The number of aromatic hydroxyl groups is 2. The van der Waals surface area contributed by atoms with Crippen LogP contribution in [0.25, 0.3) is 0 Å². The van der Waals surface area contributed by atoms with Crippen molar-refractivity contribution in [3.05, 3.63) is 45.3 Å². The molecule has 0 amide bonds. The Morgan fingerprint density at radius 2 is 1.18 bits per heavy atom. The molecule has 2 N–H and O–H groups in total. The SMILES string of the molecule is Oc1ccc(Br)c[c]1[Hg][c]1cc(Br)ccc1O. The van der Waals surface area contributed by atoms with Crippen molar-refractivity contribution < 1.29 is 34.8 Å². The molecule has 0 spiro atoms. The van der Waals surface area contributed by atoms with Gasteiger partial charge in [-0.2, -0.15) is 0 Å². The van der Waals surface area contributed by atoms with Crippen LogP contribution in [0.1, 0.15) is 0 Å². The first kappa shape index (κ1) is 13.4. The molecule has 0 aliphatic heterocycles. The second-order valence-electron chi connectivity index (χ2n) is 3.72. The fourth-order valence-corrected chi connectivity index (χ4v) is 11.2. The van der Waals surface area contributed by atoms with Crippen molar-refractivity contribution in [3.8, 4) is 11.5 Å². The van der Waals surface area contributed by atoms with E-state index in [1.165, 1.54) is 0 Å². The summed E-state index contributed by atoms with van der Waals surface area (Å²) in [5.41, 5.74) is 0. The van der Waals surface area contributed by atoms with E-state index < -0.39 is 24.6 Å². The normalized spacial score (nSPS) is 10.0. The van der Waals surface area contributed by atoms with Crippen molar-refractivity contribution >= 4 is 38.0 Å². The molecule has 2 aromatic carbocycles. The van der Waals surface area contributed by atoms with Crippen LogP contribution in [-0.2, 0) is 24.6 Å². The standard InChI is InChI=1S/2C6H4BrO.Hg/c2*7-5-1-3-6(8)4-2-5;/h2*1-3,8H;. The van der Waals surface area contributed by atoms with Gasteiger partial charge in [-0.15, -0.1) is 0 Å². The number of rotatable bonds is 2. The van der Waals surface area contributed by atoms with Crippen molar-refractivity contribution in [3.63, 3.8) is 0 Å². The van der Waals surface area contributed by atoms with E-state index in [0.717, 1.165) is 15.1 Å². The van der Waals surface area contributed by atoms with Crippen LogP contribution in [0.5, 0.6) is 11.5 Å². The van der Waals surface area contributed by atoms with Gasteiger partial charge in [-0.3, -0.25) is 0 Å². The summed E-state index contributed by atoms with van der Waals surface area (Å²) < 4.78 is 3.90. The van der Waals surface area contributed by atoms with Crippen LogP contribution in [0.3, 0.4) is 0 Å². The van der Waals surface area contributed by atoms with Crippen LogP contribution < -0.4 is 6.14 Å². The third-order valence-electron chi connectivity index (χ3n) is 2.46. The monoisotopic (exact) mass is 544 g/mol. The Balaban J connectivity index is 2.37. The van der Waals surface area contributed by atoms with Crippen molar-refractivity contribution in [1.29, 1.82) is 0 Å². The second kappa shape index (κ2) is 5.72. The number of hydrogen-bond donors (Lipinski definition) is 2. The Bertz CT molecular complexity index is 509. The molecule has 0 bridgehead atoms. The average molecular weight is 545 g/mol. The van der Waals surface area contributed by atoms with Gasteiger partial charge in [-0.05, 0) is 0 Å². The molecule has 2 rings (SSSR count). The van der Waals surface area contributed by atoms with E-state index in [2.05, 4.69) is 31.9 Å². The van der Waals surface area contributed by atoms with E-state index >= 15 is 0 Å². The van der Waals surface area contributed by atoms with Crippen LogP contribution in [0, 0.1) is 0 Å². The zero-order valence-electron chi connectivity index (χ0n) is 8.82. The zero-order valence-corrected chi connectivity index (χ0v) is 17.5. The van der Waals surface area contributed by atoms with Gasteiger partial charge in [0.05, 0.1) is 0 Å².